The molecule has 21 heavy (non-hydrogen) atoms. The molecule has 1 saturated heterocycles. The summed E-state index contributed by atoms with van der Waals surface area (Å²) in [7, 11) is 0. The molecular weight excluding hydrogens is 286 g/mol. The molecule has 0 bridgehead atoms. The molecule has 2 heterocycles. The van der Waals surface area contributed by atoms with E-state index in [9.17, 15) is 0 Å². The van der Waals surface area contributed by atoms with Crippen LogP contribution in [0.5, 0.6) is 0 Å². The van der Waals surface area contributed by atoms with E-state index in [0.717, 1.165) is 54.5 Å². The van der Waals surface area contributed by atoms with Crippen molar-refractivity contribution in [2.45, 2.75) is 44.6 Å². The maximum Gasteiger partial charge on any atom is 0.246 e. The predicted octanol–water partition coefficient (Wildman–Crippen LogP) is 3.69. The van der Waals surface area contributed by atoms with Gasteiger partial charge in [0, 0.05) is 11.4 Å². The van der Waals surface area contributed by atoms with Crippen molar-refractivity contribution in [1.29, 1.82) is 0 Å². The van der Waals surface area contributed by atoms with Crippen LogP contribution in [0.25, 0.3) is 0 Å². The van der Waals surface area contributed by atoms with Crippen molar-refractivity contribution in [1.82, 2.24) is 15.5 Å². The number of nitrogens with zero attached hydrogens (tertiary/aromatic N) is 2. The summed E-state index contributed by atoms with van der Waals surface area (Å²) in [5.41, 5.74) is 0.979. The van der Waals surface area contributed by atoms with Crippen LogP contribution in [-0.4, -0.2) is 16.7 Å². The van der Waals surface area contributed by atoms with Crippen LogP contribution in [0.1, 0.15) is 49.9 Å². The van der Waals surface area contributed by atoms with Gasteiger partial charge >= 0.3 is 0 Å². The van der Waals surface area contributed by atoms with Crippen molar-refractivity contribution in [3.63, 3.8) is 0 Å². The van der Waals surface area contributed by atoms with Crippen molar-refractivity contribution in [2.75, 3.05) is 6.54 Å². The van der Waals surface area contributed by atoms with E-state index in [4.69, 9.17) is 16.1 Å². The molecule has 1 fully saturated rings. The van der Waals surface area contributed by atoms with Gasteiger partial charge in [-0.1, -0.05) is 42.2 Å². The number of halogens is 1. The molecule has 3 rings (SSSR count). The molecule has 1 aromatic heterocycles. The Bertz CT molecular complexity index is 605. The van der Waals surface area contributed by atoms with Gasteiger partial charge in [-0.15, -0.1) is 0 Å². The second-order valence-electron chi connectivity index (χ2n) is 5.68. The standard InChI is InChI=1S/C16H20ClN3O/c1-2-7-16(8-4-9-18-16)15-19-14(20-21-15)11-12-5-3-6-13(17)10-12/h3,5-6,10,18H,2,4,7-9,11H2,1H3. The minimum absolute atomic E-state index is 0.117. The molecule has 5 heteroatoms. The average molecular weight is 306 g/mol. The third-order valence-corrected chi connectivity index (χ3v) is 4.28. The summed E-state index contributed by atoms with van der Waals surface area (Å²) in [4.78, 5) is 4.62. The topological polar surface area (TPSA) is 51.0 Å². The number of benzene rings is 1. The summed E-state index contributed by atoms with van der Waals surface area (Å²) >= 11 is 6.01. The van der Waals surface area contributed by atoms with E-state index in [2.05, 4.69) is 22.4 Å². The van der Waals surface area contributed by atoms with Gasteiger partial charge in [-0.2, -0.15) is 4.98 Å². The third-order valence-electron chi connectivity index (χ3n) is 4.05. The van der Waals surface area contributed by atoms with E-state index in [1.54, 1.807) is 0 Å². The fourth-order valence-corrected chi connectivity index (χ4v) is 3.30. The fraction of sp³-hybridized carbons (Fsp3) is 0.500. The minimum atomic E-state index is -0.117. The van der Waals surface area contributed by atoms with Crippen LogP contribution in [0.15, 0.2) is 28.8 Å². The molecule has 1 aromatic carbocycles. The second-order valence-corrected chi connectivity index (χ2v) is 6.12. The predicted molar refractivity (Wildman–Crippen MR) is 82.4 cm³/mol. The third kappa shape index (κ3) is 3.11. The van der Waals surface area contributed by atoms with E-state index < -0.39 is 0 Å². The Morgan fingerprint density at radius 1 is 1.43 bits per heavy atom. The largest absolute Gasteiger partial charge is 0.337 e. The van der Waals surface area contributed by atoms with E-state index in [0.29, 0.717) is 6.42 Å². The monoisotopic (exact) mass is 305 g/mol. The first kappa shape index (κ1) is 14.5. The summed E-state index contributed by atoms with van der Waals surface area (Å²) in [6.07, 6.45) is 5.00. The van der Waals surface area contributed by atoms with Crippen molar-refractivity contribution < 1.29 is 4.52 Å². The van der Waals surface area contributed by atoms with Gasteiger partial charge < -0.3 is 9.84 Å². The molecule has 112 valence electrons. The summed E-state index contributed by atoms with van der Waals surface area (Å²) in [6, 6.07) is 7.77. The lowest BCUT2D eigenvalue weighted by Gasteiger charge is -2.24. The number of aromatic nitrogens is 2. The van der Waals surface area contributed by atoms with Crippen molar-refractivity contribution in [3.8, 4) is 0 Å². The Labute approximate surface area is 129 Å². The van der Waals surface area contributed by atoms with E-state index >= 15 is 0 Å². The van der Waals surface area contributed by atoms with Crippen molar-refractivity contribution >= 4 is 11.6 Å². The molecule has 1 unspecified atom stereocenters. The highest BCUT2D eigenvalue weighted by atomic mass is 35.5. The molecule has 4 nitrogen and oxygen atoms in total. The van der Waals surface area contributed by atoms with Crippen LogP contribution in [0, 0.1) is 0 Å². The first-order chi connectivity index (χ1) is 10.2. The van der Waals surface area contributed by atoms with Gasteiger partial charge in [0.15, 0.2) is 5.82 Å². The molecule has 1 aliphatic heterocycles. The Balaban J connectivity index is 1.79. The van der Waals surface area contributed by atoms with E-state index in [1.807, 2.05) is 24.3 Å². The zero-order valence-corrected chi connectivity index (χ0v) is 13.0. The number of hydrogen-bond acceptors (Lipinski definition) is 4. The van der Waals surface area contributed by atoms with Crippen LogP contribution in [-0.2, 0) is 12.0 Å². The Morgan fingerprint density at radius 3 is 3.05 bits per heavy atom. The van der Waals surface area contributed by atoms with Crippen LogP contribution < -0.4 is 5.32 Å². The van der Waals surface area contributed by atoms with Crippen molar-refractivity contribution in [3.05, 3.63) is 46.6 Å². The van der Waals surface area contributed by atoms with Gasteiger partial charge in [-0.25, -0.2) is 0 Å². The fourth-order valence-electron chi connectivity index (χ4n) is 3.09. The maximum atomic E-state index is 6.01. The van der Waals surface area contributed by atoms with Gasteiger partial charge in [-0.3, -0.25) is 0 Å². The Hall–Kier alpha value is -1.39. The zero-order chi connectivity index (χ0) is 14.7. The van der Waals surface area contributed by atoms with Gasteiger partial charge in [0.25, 0.3) is 0 Å². The maximum absolute atomic E-state index is 6.01. The molecule has 0 aliphatic carbocycles. The molecule has 1 atom stereocenters. The highest BCUT2D eigenvalue weighted by Gasteiger charge is 2.39. The highest BCUT2D eigenvalue weighted by Crippen LogP contribution is 2.34. The van der Waals surface area contributed by atoms with Gasteiger partial charge in [0.2, 0.25) is 5.89 Å². The van der Waals surface area contributed by atoms with Crippen LogP contribution in [0.3, 0.4) is 0 Å². The molecule has 0 spiro atoms. The lowest BCUT2D eigenvalue weighted by Crippen LogP contribution is -2.37. The van der Waals surface area contributed by atoms with E-state index in [1.165, 1.54) is 0 Å². The van der Waals surface area contributed by atoms with Gasteiger partial charge in [-0.05, 0) is 43.5 Å². The van der Waals surface area contributed by atoms with Gasteiger partial charge in [0.1, 0.15) is 0 Å². The van der Waals surface area contributed by atoms with Crippen molar-refractivity contribution in [2.24, 2.45) is 0 Å². The second kappa shape index (κ2) is 6.16. The smallest absolute Gasteiger partial charge is 0.246 e. The van der Waals surface area contributed by atoms with Crippen LogP contribution in [0.4, 0.5) is 0 Å². The molecule has 1 aliphatic rings. The highest BCUT2D eigenvalue weighted by molar-refractivity contribution is 6.30. The number of hydrogen-bond donors (Lipinski definition) is 1. The molecular formula is C16H20ClN3O. The molecule has 2 aromatic rings. The molecule has 0 amide bonds. The quantitative estimate of drug-likeness (QED) is 0.915. The summed E-state index contributed by atoms with van der Waals surface area (Å²) in [5, 5.41) is 8.43. The zero-order valence-electron chi connectivity index (χ0n) is 12.2. The lowest BCUT2D eigenvalue weighted by atomic mass is 9.92. The number of nitrogens with one attached hydrogen (secondary N) is 1. The first-order valence-corrected chi connectivity index (χ1v) is 7.92. The summed E-state index contributed by atoms with van der Waals surface area (Å²) in [6.45, 7) is 3.21. The lowest BCUT2D eigenvalue weighted by molar-refractivity contribution is 0.240. The number of rotatable bonds is 5. The van der Waals surface area contributed by atoms with E-state index in [-0.39, 0.29) is 5.54 Å². The van der Waals surface area contributed by atoms with Crippen LogP contribution in [0.2, 0.25) is 5.02 Å². The SMILES string of the molecule is CCCC1(c2nc(Cc3cccc(Cl)c3)no2)CCCN1. The summed E-state index contributed by atoms with van der Waals surface area (Å²) < 4.78 is 5.55. The Morgan fingerprint density at radius 2 is 2.33 bits per heavy atom. The Kier molecular flexibility index (Phi) is 4.27. The van der Waals surface area contributed by atoms with Crippen LogP contribution >= 0.6 is 11.6 Å². The molecule has 0 saturated carbocycles. The molecule has 0 radical (unpaired) electrons. The molecule has 1 N–H and O–H groups in total. The van der Waals surface area contributed by atoms with Gasteiger partial charge in [0.05, 0.1) is 5.54 Å². The minimum Gasteiger partial charge on any atom is -0.337 e. The normalized spacial score (nSPS) is 21.8. The average Bonchev–Trinajstić information content (AvgIpc) is 3.09. The summed E-state index contributed by atoms with van der Waals surface area (Å²) in [5.74, 6) is 1.45. The first-order valence-electron chi connectivity index (χ1n) is 7.54.